The van der Waals surface area contributed by atoms with Crippen molar-refractivity contribution in [2.45, 2.75) is 65.2 Å². The highest BCUT2D eigenvalue weighted by Crippen LogP contribution is 2.34. The van der Waals surface area contributed by atoms with Crippen molar-refractivity contribution in [1.82, 2.24) is 9.78 Å². The van der Waals surface area contributed by atoms with Crippen molar-refractivity contribution in [3.63, 3.8) is 0 Å². The van der Waals surface area contributed by atoms with E-state index in [0.717, 1.165) is 43.8 Å². The van der Waals surface area contributed by atoms with Crippen LogP contribution in [0.2, 0.25) is 5.02 Å². The molecule has 0 bridgehead atoms. The average molecular weight is 301 g/mol. The molecule has 0 aromatic carbocycles. The van der Waals surface area contributed by atoms with E-state index in [-0.39, 0.29) is 6.10 Å². The number of nitrogens with zero attached hydrogens (tertiary/aromatic N) is 2. The molecule has 20 heavy (non-hydrogen) atoms. The number of hydrogen-bond acceptors (Lipinski definition) is 3. The van der Waals surface area contributed by atoms with Crippen molar-refractivity contribution in [3.05, 3.63) is 16.4 Å². The fourth-order valence-electron chi connectivity index (χ4n) is 2.99. The van der Waals surface area contributed by atoms with Gasteiger partial charge in [0.2, 0.25) is 0 Å². The summed E-state index contributed by atoms with van der Waals surface area (Å²) in [6.07, 6.45) is 3.62. The van der Waals surface area contributed by atoms with Crippen LogP contribution >= 0.6 is 11.6 Å². The number of rotatable bonds is 7. The zero-order chi connectivity index (χ0) is 14.7. The number of ether oxygens (including phenoxy) is 1. The van der Waals surface area contributed by atoms with Crippen LogP contribution in [0.25, 0.3) is 0 Å². The van der Waals surface area contributed by atoms with Gasteiger partial charge in [0, 0.05) is 19.6 Å². The lowest BCUT2D eigenvalue weighted by molar-refractivity contribution is -0.0377. The van der Waals surface area contributed by atoms with Gasteiger partial charge in [-0.05, 0) is 46.0 Å². The number of hydrogen-bond donors (Lipinski definition) is 1. The summed E-state index contributed by atoms with van der Waals surface area (Å²) in [5.41, 5.74) is 1.80. The predicted octanol–water partition coefficient (Wildman–Crippen LogP) is 2.97. The lowest BCUT2D eigenvalue weighted by atomic mass is 9.78. The molecule has 1 heterocycles. The van der Waals surface area contributed by atoms with Gasteiger partial charge in [0.25, 0.3) is 0 Å². The molecule has 4 nitrogen and oxygen atoms in total. The topological polar surface area (TPSA) is 47.3 Å². The first-order valence-corrected chi connectivity index (χ1v) is 7.94. The van der Waals surface area contributed by atoms with Crippen LogP contribution in [0.1, 0.15) is 44.5 Å². The summed E-state index contributed by atoms with van der Waals surface area (Å²) in [6.45, 7) is 7.54. The Kier molecular flexibility index (Phi) is 5.47. The van der Waals surface area contributed by atoms with Gasteiger partial charge in [-0.3, -0.25) is 4.68 Å². The second-order valence-electron chi connectivity index (χ2n) is 5.67. The third-order valence-electron chi connectivity index (χ3n) is 4.08. The van der Waals surface area contributed by atoms with Crippen LogP contribution < -0.4 is 0 Å². The molecule has 1 saturated carbocycles. The van der Waals surface area contributed by atoms with Gasteiger partial charge >= 0.3 is 0 Å². The van der Waals surface area contributed by atoms with Crippen LogP contribution in [0.4, 0.5) is 0 Å². The summed E-state index contributed by atoms with van der Waals surface area (Å²) < 4.78 is 7.44. The minimum absolute atomic E-state index is 0.346. The summed E-state index contributed by atoms with van der Waals surface area (Å²) >= 11 is 6.27. The van der Waals surface area contributed by atoms with E-state index < -0.39 is 0 Å². The van der Waals surface area contributed by atoms with Crippen molar-refractivity contribution in [2.75, 3.05) is 6.61 Å². The van der Waals surface area contributed by atoms with E-state index >= 15 is 0 Å². The van der Waals surface area contributed by atoms with Gasteiger partial charge in [-0.25, -0.2) is 0 Å². The zero-order valence-corrected chi connectivity index (χ0v) is 13.4. The van der Waals surface area contributed by atoms with Crippen LogP contribution in [-0.4, -0.2) is 33.7 Å². The molecule has 0 amide bonds. The Balaban J connectivity index is 1.85. The normalized spacial score (nSPS) is 23.6. The lowest BCUT2D eigenvalue weighted by Crippen LogP contribution is -2.34. The van der Waals surface area contributed by atoms with Gasteiger partial charge in [-0.2, -0.15) is 5.10 Å². The van der Waals surface area contributed by atoms with Gasteiger partial charge in [0.1, 0.15) is 0 Å². The van der Waals surface area contributed by atoms with Crippen molar-refractivity contribution in [1.29, 1.82) is 0 Å². The largest absolute Gasteiger partial charge is 0.393 e. The quantitative estimate of drug-likeness (QED) is 0.842. The monoisotopic (exact) mass is 300 g/mol. The summed E-state index contributed by atoms with van der Waals surface area (Å²) in [4.78, 5) is 0. The second-order valence-corrected chi connectivity index (χ2v) is 6.05. The molecule has 5 heteroatoms. The van der Waals surface area contributed by atoms with Gasteiger partial charge in [0.05, 0.1) is 28.6 Å². The summed E-state index contributed by atoms with van der Waals surface area (Å²) in [6, 6.07) is 0. The van der Waals surface area contributed by atoms with Crippen LogP contribution in [-0.2, 0) is 17.7 Å². The Labute approximate surface area is 126 Å². The van der Waals surface area contributed by atoms with Crippen LogP contribution in [0.15, 0.2) is 0 Å². The number of aryl methyl sites for hydroxylation is 2. The van der Waals surface area contributed by atoms with Gasteiger partial charge in [-0.1, -0.05) is 11.6 Å². The van der Waals surface area contributed by atoms with E-state index in [1.165, 1.54) is 0 Å². The summed E-state index contributed by atoms with van der Waals surface area (Å²) in [7, 11) is 0. The molecule has 1 atom stereocenters. The zero-order valence-electron chi connectivity index (χ0n) is 12.6. The highest BCUT2D eigenvalue weighted by molar-refractivity contribution is 6.31. The standard InChI is InChI=1S/C15H25ClN2O2/c1-4-18-14(15(16)10(3)17-18)9-12(19)6-11-7-13(8-11)20-5-2/h11-13,19H,4-9H2,1-3H3. The molecule has 1 fully saturated rings. The second kappa shape index (κ2) is 6.92. The highest BCUT2D eigenvalue weighted by Gasteiger charge is 2.31. The molecule has 1 aromatic rings. The Morgan fingerprint density at radius 1 is 1.45 bits per heavy atom. The average Bonchev–Trinajstić information content (AvgIpc) is 2.64. The Morgan fingerprint density at radius 2 is 2.15 bits per heavy atom. The van der Waals surface area contributed by atoms with Gasteiger partial charge in [-0.15, -0.1) is 0 Å². The fourth-order valence-corrected chi connectivity index (χ4v) is 3.21. The smallest absolute Gasteiger partial charge is 0.0848 e. The van der Waals surface area contributed by atoms with E-state index in [1.807, 2.05) is 25.5 Å². The van der Waals surface area contributed by atoms with Crippen LogP contribution in [0.5, 0.6) is 0 Å². The lowest BCUT2D eigenvalue weighted by Gasteiger charge is -2.36. The Morgan fingerprint density at radius 3 is 2.75 bits per heavy atom. The molecule has 1 aliphatic rings. The molecule has 1 unspecified atom stereocenters. The van der Waals surface area contributed by atoms with Crippen molar-refractivity contribution in [2.24, 2.45) is 5.92 Å². The van der Waals surface area contributed by atoms with Crippen LogP contribution in [0, 0.1) is 12.8 Å². The maximum Gasteiger partial charge on any atom is 0.0848 e. The number of aromatic nitrogens is 2. The summed E-state index contributed by atoms with van der Waals surface area (Å²) in [5, 5.41) is 15.4. The van der Waals surface area contributed by atoms with E-state index in [1.54, 1.807) is 0 Å². The molecule has 1 aromatic heterocycles. The maximum atomic E-state index is 10.3. The molecule has 114 valence electrons. The van der Waals surface area contributed by atoms with E-state index in [4.69, 9.17) is 16.3 Å². The first-order valence-electron chi connectivity index (χ1n) is 7.56. The number of aliphatic hydroxyl groups excluding tert-OH is 1. The van der Waals surface area contributed by atoms with Crippen molar-refractivity contribution < 1.29 is 9.84 Å². The van der Waals surface area contributed by atoms with E-state index in [2.05, 4.69) is 5.10 Å². The predicted molar refractivity (Wildman–Crippen MR) is 80.1 cm³/mol. The van der Waals surface area contributed by atoms with E-state index in [0.29, 0.717) is 23.5 Å². The van der Waals surface area contributed by atoms with Crippen LogP contribution in [0.3, 0.4) is 0 Å². The fraction of sp³-hybridized carbons (Fsp3) is 0.800. The minimum atomic E-state index is -0.346. The first-order chi connectivity index (χ1) is 9.55. The molecule has 0 saturated heterocycles. The highest BCUT2D eigenvalue weighted by atomic mass is 35.5. The molecule has 0 spiro atoms. The minimum Gasteiger partial charge on any atom is -0.393 e. The van der Waals surface area contributed by atoms with Crippen molar-refractivity contribution >= 4 is 11.6 Å². The Bertz CT molecular complexity index is 441. The third kappa shape index (κ3) is 3.54. The maximum absolute atomic E-state index is 10.3. The molecular weight excluding hydrogens is 276 g/mol. The Hall–Kier alpha value is -0.580. The number of halogens is 1. The number of aliphatic hydroxyl groups is 1. The molecule has 1 N–H and O–H groups in total. The molecular formula is C15H25ClN2O2. The van der Waals surface area contributed by atoms with Gasteiger partial charge in [0.15, 0.2) is 0 Å². The van der Waals surface area contributed by atoms with Crippen molar-refractivity contribution in [3.8, 4) is 0 Å². The molecule has 1 aliphatic carbocycles. The SMILES string of the molecule is CCOC1CC(CC(O)Cc2c(Cl)c(C)nn2CC)C1. The van der Waals surface area contributed by atoms with Gasteiger partial charge < -0.3 is 9.84 Å². The third-order valence-corrected chi connectivity index (χ3v) is 4.57. The molecule has 2 rings (SSSR count). The molecule has 0 aliphatic heterocycles. The molecule has 0 radical (unpaired) electrons. The summed E-state index contributed by atoms with van der Waals surface area (Å²) in [5.74, 6) is 0.583. The van der Waals surface area contributed by atoms with E-state index in [9.17, 15) is 5.11 Å². The first kappa shape index (κ1) is 15.8.